The highest BCUT2D eigenvalue weighted by molar-refractivity contribution is 7.89. The van der Waals surface area contributed by atoms with Crippen molar-refractivity contribution in [1.82, 2.24) is 9.62 Å². The largest absolute Gasteiger partial charge is 0.419 e. The Morgan fingerprint density at radius 2 is 1.95 bits per heavy atom. The van der Waals surface area contributed by atoms with Crippen molar-refractivity contribution in [2.24, 2.45) is 0 Å². The van der Waals surface area contributed by atoms with Crippen LogP contribution in [0.25, 0.3) is 0 Å². The Bertz CT molecular complexity index is 637. The summed E-state index contributed by atoms with van der Waals surface area (Å²) in [4.78, 5) is -0.551. The molecule has 0 spiro atoms. The van der Waals surface area contributed by atoms with E-state index in [0.717, 1.165) is 10.4 Å². The molecule has 0 amide bonds. The third-order valence-electron chi connectivity index (χ3n) is 3.29. The van der Waals surface area contributed by atoms with E-state index in [1.807, 2.05) is 0 Å². The molecule has 1 aromatic rings. The van der Waals surface area contributed by atoms with Gasteiger partial charge in [0.2, 0.25) is 10.0 Å². The second kappa shape index (κ2) is 6.69. The number of piperazine rings is 1. The first-order chi connectivity index (χ1) is 9.64. The van der Waals surface area contributed by atoms with Crippen molar-refractivity contribution < 1.29 is 26.0 Å². The number of sulfonamides is 1. The molecule has 0 unspecified atom stereocenters. The van der Waals surface area contributed by atoms with Crippen molar-refractivity contribution in [1.29, 1.82) is 0 Å². The number of rotatable bonds is 2. The van der Waals surface area contributed by atoms with Crippen LogP contribution >= 0.6 is 12.4 Å². The van der Waals surface area contributed by atoms with Crippen LogP contribution < -0.4 is 5.32 Å². The first-order valence-corrected chi connectivity index (χ1v) is 7.67. The zero-order chi connectivity index (χ0) is 15.8. The Labute approximate surface area is 132 Å². The van der Waals surface area contributed by atoms with Crippen LogP contribution in [0.1, 0.15) is 12.5 Å². The molecular formula is C12H15ClF4N2O2S. The minimum atomic E-state index is -4.94. The third-order valence-corrected chi connectivity index (χ3v) is 5.30. The van der Waals surface area contributed by atoms with Gasteiger partial charge in [-0.05, 0) is 25.1 Å². The fraction of sp³-hybridized carbons (Fsp3) is 0.500. The lowest BCUT2D eigenvalue weighted by Gasteiger charge is -2.32. The summed E-state index contributed by atoms with van der Waals surface area (Å²) in [5.41, 5.74) is -1.58. The van der Waals surface area contributed by atoms with Crippen molar-refractivity contribution in [3.05, 3.63) is 29.6 Å². The van der Waals surface area contributed by atoms with Gasteiger partial charge in [-0.2, -0.15) is 17.5 Å². The van der Waals surface area contributed by atoms with E-state index in [-0.39, 0.29) is 25.0 Å². The molecule has 1 aromatic carbocycles. The third kappa shape index (κ3) is 3.70. The van der Waals surface area contributed by atoms with E-state index in [0.29, 0.717) is 25.2 Å². The molecule has 1 aliphatic heterocycles. The van der Waals surface area contributed by atoms with E-state index < -0.39 is 32.5 Å². The molecular weight excluding hydrogens is 348 g/mol. The minimum Gasteiger partial charge on any atom is -0.314 e. The fourth-order valence-electron chi connectivity index (χ4n) is 2.20. The van der Waals surface area contributed by atoms with Crippen LogP contribution in [0.3, 0.4) is 0 Å². The van der Waals surface area contributed by atoms with E-state index >= 15 is 0 Å². The van der Waals surface area contributed by atoms with Crippen LogP contribution in [0.5, 0.6) is 0 Å². The van der Waals surface area contributed by atoms with Gasteiger partial charge in [0.1, 0.15) is 5.82 Å². The lowest BCUT2D eigenvalue weighted by Crippen LogP contribution is -2.52. The Hall–Kier alpha value is -0.900. The molecule has 126 valence electrons. The van der Waals surface area contributed by atoms with Gasteiger partial charge in [0.15, 0.2) is 0 Å². The summed E-state index contributed by atoms with van der Waals surface area (Å²) < 4.78 is 77.2. The van der Waals surface area contributed by atoms with Crippen molar-refractivity contribution >= 4 is 22.4 Å². The monoisotopic (exact) mass is 362 g/mol. The van der Waals surface area contributed by atoms with Crippen LogP contribution in [-0.2, 0) is 16.2 Å². The van der Waals surface area contributed by atoms with Gasteiger partial charge >= 0.3 is 6.18 Å². The number of alkyl halides is 3. The average Bonchev–Trinajstić information content (AvgIpc) is 2.37. The number of benzene rings is 1. The standard InChI is InChI=1S/C12H14F4N2O2S.ClH/c1-8-7-17-4-5-18(8)21(19,20)9-2-3-11(13)10(6-9)12(14,15)16;/h2-3,6,8,17H,4-5,7H2,1H3;1H/t8-;/m0./s1. The number of nitrogens with zero attached hydrogens (tertiary/aromatic N) is 1. The second-order valence-electron chi connectivity index (χ2n) is 4.81. The highest BCUT2D eigenvalue weighted by atomic mass is 35.5. The van der Waals surface area contributed by atoms with Crippen LogP contribution in [-0.4, -0.2) is 38.4 Å². The maximum Gasteiger partial charge on any atom is 0.419 e. The van der Waals surface area contributed by atoms with E-state index in [1.54, 1.807) is 6.92 Å². The molecule has 0 aliphatic carbocycles. The smallest absolute Gasteiger partial charge is 0.314 e. The normalized spacial score (nSPS) is 20.5. The molecule has 1 fully saturated rings. The molecule has 10 heteroatoms. The molecule has 1 N–H and O–H groups in total. The van der Waals surface area contributed by atoms with E-state index in [2.05, 4.69) is 5.32 Å². The Kier molecular flexibility index (Phi) is 5.82. The molecule has 2 rings (SSSR count). The summed E-state index contributed by atoms with van der Waals surface area (Å²) in [6.07, 6.45) is -4.94. The zero-order valence-corrected chi connectivity index (χ0v) is 13.2. The summed E-state index contributed by atoms with van der Waals surface area (Å²) >= 11 is 0. The summed E-state index contributed by atoms with van der Waals surface area (Å²) in [7, 11) is -4.08. The highest BCUT2D eigenvalue weighted by Crippen LogP contribution is 2.33. The summed E-state index contributed by atoms with van der Waals surface area (Å²) in [5.74, 6) is -1.49. The van der Waals surface area contributed by atoms with Gasteiger partial charge in [0.25, 0.3) is 0 Å². The number of hydrogen-bond acceptors (Lipinski definition) is 3. The Morgan fingerprint density at radius 3 is 2.50 bits per heavy atom. The van der Waals surface area contributed by atoms with Crippen LogP contribution in [0.2, 0.25) is 0 Å². The van der Waals surface area contributed by atoms with Crippen molar-refractivity contribution in [2.45, 2.75) is 24.0 Å². The molecule has 0 bridgehead atoms. The van der Waals surface area contributed by atoms with Crippen molar-refractivity contribution in [2.75, 3.05) is 19.6 Å². The predicted octanol–water partition coefficient (Wildman–Crippen LogP) is 2.25. The van der Waals surface area contributed by atoms with Gasteiger partial charge in [-0.25, -0.2) is 12.8 Å². The molecule has 4 nitrogen and oxygen atoms in total. The summed E-state index contributed by atoms with van der Waals surface area (Å²) in [6, 6.07) is 1.35. The SMILES string of the molecule is C[C@H]1CNCCN1S(=O)(=O)c1ccc(F)c(C(F)(F)F)c1.Cl. The fourth-order valence-corrected chi connectivity index (χ4v) is 3.85. The van der Waals surface area contributed by atoms with Crippen LogP contribution in [0, 0.1) is 5.82 Å². The molecule has 1 aliphatic rings. The maximum atomic E-state index is 13.2. The van der Waals surface area contributed by atoms with Gasteiger partial charge in [-0.3, -0.25) is 0 Å². The van der Waals surface area contributed by atoms with Gasteiger partial charge < -0.3 is 5.32 Å². The van der Waals surface area contributed by atoms with Gasteiger partial charge in [0, 0.05) is 25.7 Å². The molecule has 0 saturated carbocycles. The first-order valence-electron chi connectivity index (χ1n) is 6.23. The summed E-state index contributed by atoms with van der Waals surface area (Å²) in [6.45, 7) is 2.63. The highest BCUT2D eigenvalue weighted by Gasteiger charge is 2.37. The van der Waals surface area contributed by atoms with Gasteiger partial charge in [0.05, 0.1) is 10.5 Å². The summed E-state index contributed by atoms with van der Waals surface area (Å²) in [5, 5.41) is 2.99. The van der Waals surface area contributed by atoms with Gasteiger partial charge in [-0.1, -0.05) is 0 Å². The molecule has 22 heavy (non-hydrogen) atoms. The lowest BCUT2D eigenvalue weighted by atomic mass is 10.2. The quantitative estimate of drug-likeness (QED) is 0.821. The number of nitrogens with one attached hydrogen (secondary N) is 1. The Morgan fingerprint density at radius 1 is 1.32 bits per heavy atom. The topological polar surface area (TPSA) is 49.4 Å². The zero-order valence-electron chi connectivity index (χ0n) is 11.5. The molecule has 0 aromatic heterocycles. The lowest BCUT2D eigenvalue weighted by molar-refractivity contribution is -0.140. The second-order valence-corrected chi connectivity index (χ2v) is 6.70. The minimum absolute atomic E-state index is 0. The van der Waals surface area contributed by atoms with Crippen molar-refractivity contribution in [3.8, 4) is 0 Å². The molecule has 1 saturated heterocycles. The number of hydrogen-bond donors (Lipinski definition) is 1. The molecule has 0 radical (unpaired) electrons. The molecule has 1 heterocycles. The predicted molar refractivity (Wildman–Crippen MR) is 74.9 cm³/mol. The van der Waals surface area contributed by atoms with Crippen LogP contribution in [0.15, 0.2) is 23.1 Å². The van der Waals surface area contributed by atoms with Crippen molar-refractivity contribution in [3.63, 3.8) is 0 Å². The maximum absolute atomic E-state index is 13.2. The first kappa shape index (κ1) is 19.1. The van der Waals surface area contributed by atoms with E-state index in [9.17, 15) is 26.0 Å². The average molecular weight is 363 g/mol. The molecule has 1 atom stereocenters. The van der Waals surface area contributed by atoms with Crippen LogP contribution in [0.4, 0.5) is 17.6 Å². The number of halogens is 5. The Balaban J connectivity index is 0.00000242. The van der Waals surface area contributed by atoms with E-state index in [1.165, 1.54) is 0 Å². The van der Waals surface area contributed by atoms with Gasteiger partial charge in [-0.15, -0.1) is 12.4 Å². The van der Waals surface area contributed by atoms with E-state index in [4.69, 9.17) is 0 Å².